The summed E-state index contributed by atoms with van der Waals surface area (Å²) in [5.74, 6) is 1.16. The van der Waals surface area contributed by atoms with Gasteiger partial charge in [0.05, 0.1) is 23.7 Å². The van der Waals surface area contributed by atoms with Crippen LogP contribution in [-0.2, 0) is 9.53 Å². The Balaban J connectivity index is 1.36. The number of nitrogens with zero attached hydrogens (tertiary/aromatic N) is 3. The number of ether oxygens (including phenoxy) is 1. The Labute approximate surface area is 175 Å². The number of aryl methyl sites for hydroxylation is 1. The second kappa shape index (κ2) is 7.50. The molecule has 0 spiro atoms. The number of hydrogen-bond acceptors (Lipinski definition) is 4. The van der Waals surface area contributed by atoms with Crippen molar-refractivity contribution in [2.24, 2.45) is 5.92 Å². The molecule has 5 rings (SSSR count). The van der Waals surface area contributed by atoms with Gasteiger partial charge in [-0.3, -0.25) is 9.36 Å². The summed E-state index contributed by atoms with van der Waals surface area (Å²) in [6, 6.07) is 4.22. The van der Waals surface area contributed by atoms with Gasteiger partial charge in [-0.25, -0.2) is 4.98 Å². The minimum atomic E-state index is 0.0594. The number of imidazole rings is 1. The number of fused-ring (bicyclic) bond motifs is 1. The topological polar surface area (TPSA) is 59.4 Å². The number of aromatic nitrogens is 2. The van der Waals surface area contributed by atoms with Gasteiger partial charge in [0.15, 0.2) is 0 Å². The number of hydrogen-bond donors (Lipinski definition) is 1. The lowest BCUT2D eigenvalue weighted by Crippen LogP contribution is -2.44. The summed E-state index contributed by atoms with van der Waals surface area (Å²) in [5, 5.41) is 3.90. The second-order valence-corrected chi connectivity index (χ2v) is 8.53. The van der Waals surface area contributed by atoms with E-state index in [1.165, 1.54) is 0 Å². The normalized spacial score (nSPS) is 22.1. The molecule has 1 aromatic heterocycles. The van der Waals surface area contributed by atoms with E-state index in [0.29, 0.717) is 6.61 Å². The predicted molar refractivity (Wildman–Crippen MR) is 115 cm³/mol. The molecule has 3 aliphatic rings. The molecule has 29 heavy (non-hydrogen) atoms. The lowest BCUT2D eigenvalue weighted by molar-refractivity contribution is -0.126. The molecule has 1 atom stereocenters. The minimum absolute atomic E-state index is 0.0594. The highest BCUT2D eigenvalue weighted by Crippen LogP contribution is 2.34. The summed E-state index contributed by atoms with van der Waals surface area (Å²) < 4.78 is 7.54. The van der Waals surface area contributed by atoms with Gasteiger partial charge in [0.2, 0.25) is 11.9 Å². The van der Waals surface area contributed by atoms with Crippen molar-refractivity contribution in [3.05, 3.63) is 40.9 Å². The smallest absolute Gasteiger partial charge is 0.223 e. The lowest BCUT2D eigenvalue weighted by atomic mass is 9.95. The van der Waals surface area contributed by atoms with Crippen LogP contribution in [0.4, 0.5) is 5.95 Å². The molecule has 1 amide bonds. The van der Waals surface area contributed by atoms with Crippen LogP contribution in [0.15, 0.2) is 30.4 Å². The second-order valence-electron chi connectivity index (χ2n) is 8.12. The van der Waals surface area contributed by atoms with Crippen LogP contribution in [-0.4, -0.2) is 47.8 Å². The van der Waals surface area contributed by atoms with E-state index in [9.17, 15) is 4.79 Å². The zero-order valence-electron chi connectivity index (χ0n) is 16.5. The monoisotopic (exact) mass is 412 g/mol. The van der Waals surface area contributed by atoms with E-state index in [2.05, 4.69) is 26.9 Å². The van der Waals surface area contributed by atoms with E-state index < -0.39 is 0 Å². The number of carbonyl (C=O) groups excluding carboxylic acids is 1. The fraction of sp³-hybridized carbons (Fsp3) is 0.455. The first kappa shape index (κ1) is 18.7. The molecule has 1 aromatic carbocycles. The molecule has 2 aliphatic heterocycles. The minimum Gasteiger partial charge on any atom is -0.379 e. The number of anilines is 1. The molecule has 152 valence electrons. The first-order valence-electron chi connectivity index (χ1n) is 10.3. The Morgan fingerprint density at radius 1 is 1.28 bits per heavy atom. The summed E-state index contributed by atoms with van der Waals surface area (Å²) in [6.07, 6.45) is 8.78. The molecule has 2 fully saturated rings. The van der Waals surface area contributed by atoms with E-state index in [4.69, 9.17) is 21.3 Å². The lowest BCUT2D eigenvalue weighted by Gasteiger charge is -2.33. The van der Waals surface area contributed by atoms with Crippen LogP contribution in [0.25, 0.3) is 16.7 Å². The van der Waals surface area contributed by atoms with E-state index in [1.54, 1.807) is 0 Å². The van der Waals surface area contributed by atoms with Crippen molar-refractivity contribution >= 4 is 40.2 Å². The van der Waals surface area contributed by atoms with Crippen molar-refractivity contribution < 1.29 is 9.53 Å². The van der Waals surface area contributed by atoms with Crippen LogP contribution in [0, 0.1) is 12.8 Å². The Hall–Kier alpha value is -2.31. The molecule has 6 nitrogen and oxygen atoms in total. The van der Waals surface area contributed by atoms with Crippen LogP contribution in [0.2, 0.25) is 5.02 Å². The highest BCUT2D eigenvalue weighted by atomic mass is 35.5. The van der Waals surface area contributed by atoms with Crippen LogP contribution >= 0.6 is 11.6 Å². The fourth-order valence-corrected chi connectivity index (χ4v) is 4.45. The predicted octanol–water partition coefficient (Wildman–Crippen LogP) is 3.53. The zero-order valence-corrected chi connectivity index (χ0v) is 17.3. The van der Waals surface area contributed by atoms with Crippen LogP contribution < -0.4 is 10.2 Å². The van der Waals surface area contributed by atoms with Crippen molar-refractivity contribution in [2.45, 2.75) is 32.2 Å². The number of halogens is 1. The summed E-state index contributed by atoms with van der Waals surface area (Å²) in [7, 11) is 0. The van der Waals surface area contributed by atoms with Gasteiger partial charge < -0.3 is 15.0 Å². The summed E-state index contributed by atoms with van der Waals surface area (Å²) in [6.45, 7) is 5.01. The Kier molecular flexibility index (Phi) is 4.84. The molecule has 1 N–H and O–H groups in total. The zero-order chi connectivity index (χ0) is 20.0. The number of amides is 1. The molecule has 0 bridgehead atoms. The number of allylic oxidation sites excluding steroid dienone is 4. The summed E-state index contributed by atoms with van der Waals surface area (Å²) in [4.78, 5) is 19.8. The van der Waals surface area contributed by atoms with E-state index in [-0.39, 0.29) is 17.9 Å². The van der Waals surface area contributed by atoms with Gasteiger partial charge in [-0.1, -0.05) is 17.7 Å². The van der Waals surface area contributed by atoms with Crippen LogP contribution in [0.5, 0.6) is 0 Å². The number of benzene rings is 1. The molecule has 0 saturated carbocycles. The van der Waals surface area contributed by atoms with Crippen molar-refractivity contribution in [3.63, 3.8) is 0 Å². The van der Waals surface area contributed by atoms with Crippen molar-refractivity contribution in [3.8, 4) is 0 Å². The third kappa shape index (κ3) is 3.45. The van der Waals surface area contributed by atoms with Gasteiger partial charge in [-0.2, -0.15) is 0 Å². The standard InChI is InChI=1S/C22H25ClN4O2/c1-14-11-19-20(12-18(14)23)27(17-3-2-4-17)22(25-19)26-8-5-15(6-9-26)21(28)24-16-7-10-29-13-16/h2-4,11-12,15-16H,5-10,13H2,1H3,(H,24,28). The first-order chi connectivity index (χ1) is 14.1. The van der Waals surface area contributed by atoms with Crippen LogP contribution in [0.1, 0.15) is 24.8 Å². The van der Waals surface area contributed by atoms with Gasteiger partial charge in [-0.05, 0) is 56.0 Å². The highest BCUT2D eigenvalue weighted by molar-refractivity contribution is 6.32. The number of rotatable bonds is 4. The third-order valence-electron chi connectivity index (χ3n) is 6.13. The molecular formula is C22H25ClN4O2. The molecule has 7 heteroatoms. The van der Waals surface area contributed by atoms with E-state index >= 15 is 0 Å². The first-order valence-corrected chi connectivity index (χ1v) is 10.7. The molecule has 3 heterocycles. The van der Waals surface area contributed by atoms with E-state index in [1.807, 2.05) is 25.1 Å². The number of nitrogens with one attached hydrogen (secondary N) is 1. The average molecular weight is 413 g/mol. The molecular weight excluding hydrogens is 388 g/mol. The summed E-state index contributed by atoms with van der Waals surface area (Å²) >= 11 is 6.40. The van der Waals surface area contributed by atoms with Crippen molar-refractivity contribution in [2.75, 3.05) is 31.2 Å². The van der Waals surface area contributed by atoms with Crippen molar-refractivity contribution in [1.82, 2.24) is 14.9 Å². The number of piperidine rings is 1. The Morgan fingerprint density at radius 3 is 2.72 bits per heavy atom. The van der Waals surface area contributed by atoms with Crippen LogP contribution in [0.3, 0.4) is 0 Å². The fourth-order valence-electron chi connectivity index (χ4n) is 4.30. The molecule has 1 unspecified atom stereocenters. The van der Waals surface area contributed by atoms with Crippen molar-refractivity contribution in [1.29, 1.82) is 0 Å². The number of carbonyl (C=O) groups is 1. The maximum absolute atomic E-state index is 12.6. The van der Waals surface area contributed by atoms with Gasteiger partial charge in [0.1, 0.15) is 0 Å². The quantitative estimate of drug-likeness (QED) is 0.834. The molecule has 2 aromatic rings. The van der Waals surface area contributed by atoms with Gasteiger partial charge in [0.25, 0.3) is 0 Å². The highest BCUT2D eigenvalue weighted by Gasteiger charge is 2.30. The van der Waals surface area contributed by atoms with E-state index in [0.717, 1.165) is 72.2 Å². The summed E-state index contributed by atoms with van der Waals surface area (Å²) in [5.41, 5.74) is 4.11. The largest absolute Gasteiger partial charge is 0.379 e. The maximum Gasteiger partial charge on any atom is 0.223 e. The molecule has 0 radical (unpaired) electrons. The van der Waals surface area contributed by atoms with Gasteiger partial charge in [0, 0.05) is 36.3 Å². The van der Waals surface area contributed by atoms with Gasteiger partial charge in [-0.15, -0.1) is 0 Å². The van der Waals surface area contributed by atoms with Gasteiger partial charge >= 0.3 is 0 Å². The third-order valence-corrected chi connectivity index (χ3v) is 6.54. The molecule has 2 saturated heterocycles. The average Bonchev–Trinajstić information content (AvgIpc) is 3.30. The Bertz CT molecular complexity index is 1010. The molecule has 1 aliphatic carbocycles. The SMILES string of the molecule is Cc1cc2nc(N3CCC(C(=O)NC4CCOC4)CC3)n(C3=CC=C3)c2cc1Cl. The Morgan fingerprint density at radius 2 is 2.07 bits per heavy atom. The maximum atomic E-state index is 12.6.